The number of nitrogens with one attached hydrogen (secondary N) is 2. The molecular formula is C18H25N5O2. The van der Waals surface area contributed by atoms with E-state index in [9.17, 15) is 4.79 Å². The van der Waals surface area contributed by atoms with Gasteiger partial charge in [-0.05, 0) is 51.5 Å². The van der Waals surface area contributed by atoms with Gasteiger partial charge in [0.2, 0.25) is 0 Å². The monoisotopic (exact) mass is 343 g/mol. The number of rotatable bonds is 2. The van der Waals surface area contributed by atoms with Crippen molar-refractivity contribution in [1.82, 2.24) is 19.9 Å². The third-order valence-corrected chi connectivity index (χ3v) is 5.10. The number of aromatic amines is 1. The normalized spacial score (nSPS) is 26.0. The Kier molecular flexibility index (Phi) is 3.81. The minimum Gasteiger partial charge on any atom is -0.444 e. The molecular weight excluding hydrogens is 318 g/mol. The summed E-state index contributed by atoms with van der Waals surface area (Å²) in [4.78, 5) is 25.8. The third-order valence-electron chi connectivity index (χ3n) is 5.10. The lowest BCUT2D eigenvalue weighted by molar-refractivity contribution is 0.0280. The lowest BCUT2D eigenvalue weighted by Gasteiger charge is -2.25. The molecule has 3 atom stereocenters. The summed E-state index contributed by atoms with van der Waals surface area (Å²) in [7, 11) is 0. The average Bonchev–Trinajstić information content (AvgIpc) is 3.18. The van der Waals surface area contributed by atoms with E-state index in [-0.39, 0.29) is 6.09 Å². The van der Waals surface area contributed by atoms with E-state index in [1.54, 1.807) is 6.33 Å². The number of carbonyl (C=O) groups excluding carboxylic acids is 1. The van der Waals surface area contributed by atoms with Gasteiger partial charge in [-0.1, -0.05) is 0 Å². The van der Waals surface area contributed by atoms with Gasteiger partial charge in [0.05, 0.1) is 5.39 Å². The molecule has 0 aromatic carbocycles. The van der Waals surface area contributed by atoms with Crippen molar-refractivity contribution in [3.8, 4) is 0 Å². The molecule has 134 valence electrons. The molecule has 7 heteroatoms. The number of anilines is 1. The van der Waals surface area contributed by atoms with Crippen molar-refractivity contribution >= 4 is 22.9 Å². The fraction of sp³-hybridized carbons (Fsp3) is 0.611. The number of nitrogens with zero attached hydrogens (tertiary/aromatic N) is 3. The van der Waals surface area contributed by atoms with Crippen LogP contribution >= 0.6 is 0 Å². The van der Waals surface area contributed by atoms with Gasteiger partial charge >= 0.3 is 6.09 Å². The van der Waals surface area contributed by atoms with Crippen LogP contribution in [0.25, 0.3) is 11.0 Å². The molecule has 0 spiro atoms. The van der Waals surface area contributed by atoms with Gasteiger partial charge in [0.15, 0.2) is 0 Å². The minimum absolute atomic E-state index is 0.184. The Hall–Kier alpha value is -2.31. The second kappa shape index (κ2) is 5.89. The first-order valence-corrected chi connectivity index (χ1v) is 8.91. The van der Waals surface area contributed by atoms with Gasteiger partial charge in [-0.15, -0.1) is 0 Å². The van der Waals surface area contributed by atoms with E-state index in [1.807, 2.05) is 37.9 Å². The standard InChI is InChI=1S/C18H25N5O2/c1-18(2,3)25-17(24)23-8-11-6-13(7-12(11)9-23)22-16-14-4-5-19-15(14)20-10-21-16/h4-5,10-13H,6-9H2,1-3H3,(H2,19,20,21,22)/t11-,12+,13?. The van der Waals surface area contributed by atoms with Crippen LogP contribution in [0.1, 0.15) is 33.6 Å². The van der Waals surface area contributed by atoms with Crippen molar-refractivity contribution in [2.75, 3.05) is 18.4 Å². The maximum atomic E-state index is 12.2. The number of aromatic nitrogens is 3. The smallest absolute Gasteiger partial charge is 0.410 e. The largest absolute Gasteiger partial charge is 0.444 e. The lowest BCUT2D eigenvalue weighted by atomic mass is 10.0. The first-order valence-electron chi connectivity index (χ1n) is 8.91. The van der Waals surface area contributed by atoms with Crippen molar-refractivity contribution in [1.29, 1.82) is 0 Å². The molecule has 1 saturated heterocycles. The van der Waals surface area contributed by atoms with Gasteiger partial charge in [0, 0.05) is 25.3 Å². The van der Waals surface area contributed by atoms with Gasteiger partial charge in [-0.3, -0.25) is 0 Å². The van der Waals surface area contributed by atoms with E-state index in [0.717, 1.165) is 42.8 Å². The van der Waals surface area contributed by atoms with Crippen molar-refractivity contribution in [2.45, 2.75) is 45.3 Å². The van der Waals surface area contributed by atoms with E-state index in [4.69, 9.17) is 4.74 Å². The van der Waals surface area contributed by atoms with Crippen LogP contribution in [0.2, 0.25) is 0 Å². The summed E-state index contributed by atoms with van der Waals surface area (Å²) < 4.78 is 5.50. The average molecular weight is 343 g/mol. The molecule has 1 saturated carbocycles. The zero-order valence-corrected chi connectivity index (χ0v) is 15.0. The lowest BCUT2D eigenvalue weighted by Crippen LogP contribution is -2.36. The highest BCUT2D eigenvalue weighted by Gasteiger charge is 2.43. The predicted molar refractivity (Wildman–Crippen MR) is 95.3 cm³/mol. The Bertz CT molecular complexity index is 767. The van der Waals surface area contributed by atoms with Crippen LogP contribution in [0.15, 0.2) is 18.6 Å². The Morgan fingerprint density at radius 3 is 2.68 bits per heavy atom. The zero-order valence-electron chi connectivity index (χ0n) is 15.0. The van der Waals surface area contributed by atoms with E-state index in [1.165, 1.54) is 0 Å². The number of likely N-dealkylation sites (tertiary alicyclic amines) is 1. The van der Waals surface area contributed by atoms with E-state index < -0.39 is 5.60 Å². The second-order valence-electron chi connectivity index (χ2n) is 8.18. The van der Waals surface area contributed by atoms with Gasteiger partial charge in [-0.2, -0.15) is 0 Å². The molecule has 1 aliphatic carbocycles. The summed E-state index contributed by atoms with van der Waals surface area (Å²) in [6, 6.07) is 2.39. The number of H-pyrrole nitrogens is 1. The number of hydrogen-bond donors (Lipinski definition) is 2. The Morgan fingerprint density at radius 1 is 1.28 bits per heavy atom. The molecule has 1 amide bonds. The van der Waals surface area contributed by atoms with Gasteiger partial charge < -0.3 is 19.9 Å². The van der Waals surface area contributed by atoms with E-state index in [0.29, 0.717) is 17.9 Å². The highest BCUT2D eigenvalue weighted by molar-refractivity contribution is 5.86. The van der Waals surface area contributed by atoms with Crippen LogP contribution < -0.4 is 5.32 Å². The number of amides is 1. The SMILES string of the molecule is CC(C)(C)OC(=O)N1C[C@H]2CC(Nc3ncnc4[nH]ccc34)C[C@H]2C1. The summed E-state index contributed by atoms with van der Waals surface area (Å²) in [6.45, 7) is 7.31. The number of ether oxygens (including phenoxy) is 1. The van der Waals surface area contributed by atoms with Crippen molar-refractivity contribution in [2.24, 2.45) is 11.8 Å². The first kappa shape index (κ1) is 16.2. The molecule has 1 unspecified atom stereocenters. The Morgan fingerprint density at radius 2 is 2.00 bits per heavy atom. The van der Waals surface area contributed by atoms with Crippen molar-refractivity contribution in [3.05, 3.63) is 18.6 Å². The fourth-order valence-corrected chi connectivity index (χ4v) is 4.07. The maximum Gasteiger partial charge on any atom is 0.410 e. The van der Waals surface area contributed by atoms with Gasteiger partial charge in [0.25, 0.3) is 0 Å². The van der Waals surface area contributed by atoms with Gasteiger partial charge in [0.1, 0.15) is 23.4 Å². The summed E-state index contributed by atoms with van der Waals surface area (Å²) in [5, 5.41) is 4.60. The maximum absolute atomic E-state index is 12.2. The van der Waals surface area contributed by atoms with E-state index in [2.05, 4.69) is 20.3 Å². The number of fused-ring (bicyclic) bond motifs is 2. The topological polar surface area (TPSA) is 83.1 Å². The molecule has 0 bridgehead atoms. The summed E-state index contributed by atoms with van der Waals surface area (Å²) >= 11 is 0. The second-order valence-corrected chi connectivity index (χ2v) is 8.18. The Labute approximate surface area is 147 Å². The molecule has 4 rings (SSSR count). The molecule has 3 heterocycles. The minimum atomic E-state index is -0.437. The molecule has 1 aliphatic heterocycles. The first-order chi connectivity index (χ1) is 11.9. The van der Waals surface area contributed by atoms with Crippen LogP contribution in [0.3, 0.4) is 0 Å². The summed E-state index contributed by atoms with van der Waals surface area (Å²) in [5.41, 5.74) is 0.417. The molecule has 2 aromatic rings. The van der Waals surface area contributed by atoms with Crippen LogP contribution in [-0.2, 0) is 4.74 Å². The molecule has 25 heavy (non-hydrogen) atoms. The number of carbonyl (C=O) groups is 1. The fourth-order valence-electron chi connectivity index (χ4n) is 4.07. The summed E-state index contributed by atoms with van der Waals surface area (Å²) in [6.07, 6.45) is 5.39. The molecule has 2 aliphatic rings. The molecule has 7 nitrogen and oxygen atoms in total. The highest BCUT2D eigenvalue weighted by Crippen LogP contribution is 2.40. The number of hydrogen-bond acceptors (Lipinski definition) is 5. The third kappa shape index (κ3) is 3.27. The summed E-state index contributed by atoms with van der Waals surface area (Å²) in [5.74, 6) is 1.96. The van der Waals surface area contributed by atoms with Crippen LogP contribution in [-0.4, -0.2) is 50.7 Å². The molecule has 2 aromatic heterocycles. The van der Waals surface area contributed by atoms with Crippen LogP contribution in [0, 0.1) is 11.8 Å². The van der Waals surface area contributed by atoms with Crippen LogP contribution in [0.4, 0.5) is 10.6 Å². The predicted octanol–water partition coefficient (Wildman–Crippen LogP) is 3.02. The quantitative estimate of drug-likeness (QED) is 0.876. The van der Waals surface area contributed by atoms with Crippen molar-refractivity contribution in [3.63, 3.8) is 0 Å². The van der Waals surface area contributed by atoms with E-state index >= 15 is 0 Å². The van der Waals surface area contributed by atoms with Crippen molar-refractivity contribution < 1.29 is 9.53 Å². The Balaban J connectivity index is 1.37. The molecule has 2 N–H and O–H groups in total. The molecule has 0 radical (unpaired) electrons. The van der Waals surface area contributed by atoms with Crippen LogP contribution in [0.5, 0.6) is 0 Å². The molecule has 2 fully saturated rings. The van der Waals surface area contributed by atoms with Gasteiger partial charge in [-0.25, -0.2) is 14.8 Å². The highest BCUT2D eigenvalue weighted by atomic mass is 16.6. The zero-order chi connectivity index (χ0) is 17.6.